The maximum atomic E-state index is 11.1. The highest BCUT2D eigenvalue weighted by atomic mass is 32.2. The molecular weight excluding hydrogens is 258 g/mol. The first kappa shape index (κ1) is 14.4. The molecule has 0 spiro atoms. The fraction of sp³-hybridized carbons (Fsp3) is 0.300. The predicted molar refractivity (Wildman–Crippen MR) is 66.9 cm³/mol. The third-order valence-electron chi connectivity index (χ3n) is 2.25. The normalized spacial score (nSPS) is 11.2. The van der Waals surface area contributed by atoms with Crippen molar-refractivity contribution in [2.24, 2.45) is 10.9 Å². The van der Waals surface area contributed by atoms with Crippen LogP contribution in [0.1, 0.15) is 16.8 Å². The largest absolute Gasteiger partial charge is 0.478 e. The van der Waals surface area contributed by atoms with Gasteiger partial charge >= 0.3 is 5.97 Å². The van der Waals surface area contributed by atoms with E-state index in [1.54, 1.807) is 0 Å². The number of sulfonamides is 1. The molecule has 0 aliphatic rings. The summed E-state index contributed by atoms with van der Waals surface area (Å²) in [5.74, 6) is -1.23. The molecule has 1 aromatic rings. The van der Waals surface area contributed by atoms with E-state index in [0.717, 1.165) is 6.07 Å². The molecule has 7 nitrogen and oxygen atoms in total. The molecule has 0 saturated heterocycles. The number of nitrogens with one attached hydrogen (secondary N) is 1. The molecule has 100 valence electrons. The van der Waals surface area contributed by atoms with E-state index in [1.807, 2.05) is 0 Å². The van der Waals surface area contributed by atoms with Gasteiger partial charge in [0.2, 0.25) is 10.0 Å². The van der Waals surface area contributed by atoms with Crippen LogP contribution in [-0.4, -0.2) is 32.6 Å². The lowest BCUT2D eigenvalue weighted by Crippen LogP contribution is -2.15. The predicted octanol–water partition coefficient (Wildman–Crippen LogP) is -0.207. The zero-order valence-electron chi connectivity index (χ0n) is 9.59. The topological polar surface area (TPSA) is 136 Å². The lowest BCUT2D eigenvalue weighted by atomic mass is 10.2. The number of carboxylic acid groups (broad SMARTS) is 1. The first-order valence-corrected chi connectivity index (χ1v) is 6.75. The molecule has 1 rings (SSSR count). The number of anilines is 1. The molecular formula is C10H15N3O4S. The van der Waals surface area contributed by atoms with E-state index in [-0.39, 0.29) is 10.5 Å². The minimum Gasteiger partial charge on any atom is -0.478 e. The quantitative estimate of drug-likeness (QED) is 0.530. The third kappa shape index (κ3) is 3.69. The average molecular weight is 273 g/mol. The fourth-order valence-corrected chi connectivity index (χ4v) is 1.90. The van der Waals surface area contributed by atoms with Gasteiger partial charge in [0.1, 0.15) is 0 Å². The molecule has 0 saturated carbocycles. The van der Waals surface area contributed by atoms with Crippen molar-refractivity contribution in [3.63, 3.8) is 0 Å². The maximum Gasteiger partial charge on any atom is 0.337 e. The van der Waals surface area contributed by atoms with Gasteiger partial charge < -0.3 is 16.2 Å². The van der Waals surface area contributed by atoms with Crippen molar-refractivity contribution < 1.29 is 18.3 Å². The number of aromatic carboxylic acids is 1. The number of hydrogen-bond donors (Lipinski definition) is 4. The van der Waals surface area contributed by atoms with Crippen LogP contribution in [0.5, 0.6) is 0 Å². The Balaban J connectivity index is 3.09. The summed E-state index contributed by atoms with van der Waals surface area (Å²) < 4.78 is 22.3. The molecule has 6 N–H and O–H groups in total. The number of nitrogens with two attached hydrogens (primary N) is 2. The van der Waals surface area contributed by atoms with Gasteiger partial charge in [-0.05, 0) is 31.2 Å². The average Bonchev–Trinajstić information content (AvgIpc) is 2.28. The van der Waals surface area contributed by atoms with Crippen LogP contribution in [-0.2, 0) is 10.0 Å². The molecule has 0 aliphatic carbocycles. The summed E-state index contributed by atoms with van der Waals surface area (Å²) in [5.41, 5.74) is 5.52. The molecule has 0 amide bonds. The summed E-state index contributed by atoms with van der Waals surface area (Å²) in [7, 11) is -3.91. The molecule has 8 heteroatoms. The van der Waals surface area contributed by atoms with Crippen LogP contribution in [0.2, 0.25) is 0 Å². The highest BCUT2D eigenvalue weighted by molar-refractivity contribution is 7.89. The van der Waals surface area contributed by atoms with Gasteiger partial charge in [0.25, 0.3) is 0 Å². The Hall–Kier alpha value is -1.64. The Kier molecular flexibility index (Phi) is 4.65. The lowest BCUT2D eigenvalue weighted by Gasteiger charge is -2.10. The zero-order valence-corrected chi connectivity index (χ0v) is 10.4. The molecule has 0 aliphatic heterocycles. The number of rotatable bonds is 6. The van der Waals surface area contributed by atoms with Gasteiger partial charge in [0.15, 0.2) is 0 Å². The number of benzene rings is 1. The number of carboxylic acids is 1. The van der Waals surface area contributed by atoms with Gasteiger partial charge in [-0.15, -0.1) is 0 Å². The van der Waals surface area contributed by atoms with Crippen molar-refractivity contribution in [1.29, 1.82) is 0 Å². The van der Waals surface area contributed by atoms with Gasteiger partial charge in [-0.25, -0.2) is 18.4 Å². The second-order valence-corrected chi connectivity index (χ2v) is 5.19. The highest BCUT2D eigenvalue weighted by Gasteiger charge is 2.15. The van der Waals surface area contributed by atoms with Crippen LogP contribution < -0.4 is 16.2 Å². The zero-order chi connectivity index (χ0) is 13.8. The van der Waals surface area contributed by atoms with Crippen molar-refractivity contribution in [2.75, 3.05) is 18.4 Å². The van der Waals surface area contributed by atoms with Crippen LogP contribution >= 0.6 is 0 Å². The van der Waals surface area contributed by atoms with E-state index < -0.39 is 16.0 Å². The third-order valence-corrected chi connectivity index (χ3v) is 3.16. The Morgan fingerprint density at radius 1 is 1.39 bits per heavy atom. The van der Waals surface area contributed by atoms with E-state index in [1.165, 1.54) is 12.1 Å². The fourth-order valence-electron chi connectivity index (χ4n) is 1.36. The number of primary sulfonamides is 1. The van der Waals surface area contributed by atoms with Crippen molar-refractivity contribution in [3.05, 3.63) is 23.8 Å². The SMILES string of the molecule is NCCCNc1ccc(S(N)(=O)=O)cc1C(=O)O. The van der Waals surface area contributed by atoms with Gasteiger partial charge in [-0.3, -0.25) is 0 Å². The van der Waals surface area contributed by atoms with Crippen molar-refractivity contribution in [1.82, 2.24) is 0 Å². The van der Waals surface area contributed by atoms with E-state index in [0.29, 0.717) is 25.2 Å². The number of carbonyl (C=O) groups is 1. The molecule has 0 atom stereocenters. The molecule has 0 unspecified atom stereocenters. The van der Waals surface area contributed by atoms with E-state index >= 15 is 0 Å². The smallest absolute Gasteiger partial charge is 0.337 e. The van der Waals surface area contributed by atoms with Gasteiger partial charge in [-0.1, -0.05) is 0 Å². The van der Waals surface area contributed by atoms with E-state index in [9.17, 15) is 13.2 Å². The summed E-state index contributed by atoms with van der Waals surface area (Å²) in [5, 5.41) is 16.8. The van der Waals surface area contributed by atoms with Crippen molar-refractivity contribution in [3.8, 4) is 0 Å². The first-order valence-electron chi connectivity index (χ1n) is 5.20. The summed E-state index contributed by atoms with van der Waals surface area (Å²) >= 11 is 0. The van der Waals surface area contributed by atoms with E-state index in [2.05, 4.69) is 5.32 Å². The molecule has 18 heavy (non-hydrogen) atoms. The van der Waals surface area contributed by atoms with Crippen LogP contribution in [0.15, 0.2) is 23.1 Å². The molecule has 0 radical (unpaired) electrons. The summed E-state index contributed by atoms with van der Waals surface area (Å²) in [6, 6.07) is 3.66. The first-order chi connectivity index (χ1) is 8.36. The Morgan fingerprint density at radius 3 is 2.56 bits per heavy atom. The summed E-state index contributed by atoms with van der Waals surface area (Å²) in [6.45, 7) is 0.982. The van der Waals surface area contributed by atoms with Crippen LogP contribution in [0.25, 0.3) is 0 Å². The summed E-state index contributed by atoms with van der Waals surface area (Å²) in [6.07, 6.45) is 0.677. The van der Waals surface area contributed by atoms with Crippen molar-refractivity contribution >= 4 is 21.7 Å². The van der Waals surface area contributed by atoms with Gasteiger partial charge in [0, 0.05) is 12.2 Å². The van der Waals surface area contributed by atoms with Crippen LogP contribution in [0.4, 0.5) is 5.69 Å². The second-order valence-electron chi connectivity index (χ2n) is 3.63. The van der Waals surface area contributed by atoms with Gasteiger partial charge in [0.05, 0.1) is 10.5 Å². The number of hydrogen-bond acceptors (Lipinski definition) is 5. The molecule has 0 heterocycles. The molecule has 0 bridgehead atoms. The van der Waals surface area contributed by atoms with E-state index in [4.69, 9.17) is 16.0 Å². The summed E-state index contributed by atoms with van der Waals surface area (Å²) in [4.78, 5) is 10.8. The standard InChI is InChI=1S/C10H15N3O4S/c11-4-1-5-13-9-3-2-7(18(12,16)17)6-8(9)10(14)15/h2-3,6,13H,1,4-5,11H2,(H,14,15)(H2,12,16,17). The molecule has 0 aromatic heterocycles. The molecule has 1 aromatic carbocycles. The van der Waals surface area contributed by atoms with Crippen molar-refractivity contribution in [2.45, 2.75) is 11.3 Å². The lowest BCUT2D eigenvalue weighted by molar-refractivity contribution is 0.0697. The Labute approximate surface area is 105 Å². The highest BCUT2D eigenvalue weighted by Crippen LogP contribution is 2.20. The molecule has 0 fully saturated rings. The Morgan fingerprint density at radius 2 is 2.06 bits per heavy atom. The van der Waals surface area contributed by atoms with Crippen LogP contribution in [0.3, 0.4) is 0 Å². The minimum atomic E-state index is -3.91. The minimum absolute atomic E-state index is 0.140. The van der Waals surface area contributed by atoms with Crippen LogP contribution in [0, 0.1) is 0 Å². The maximum absolute atomic E-state index is 11.1. The second kappa shape index (κ2) is 5.80. The Bertz CT molecular complexity index is 542. The monoisotopic (exact) mass is 273 g/mol. The van der Waals surface area contributed by atoms with Gasteiger partial charge in [-0.2, -0.15) is 0 Å².